The lowest BCUT2D eigenvalue weighted by molar-refractivity contribution is -0.276. The number of rotatable bonds is 8. The van der Waals surface area contributed by atoms with Crippen molar-refractivity contribution >= 4 is 39.1 Å². The quantitative estimate of drug-likeness (QED) is 0.234. The van der Waals surface area contributed by atoms with Gasteiger partial charge in [-0.3, -0.25) is 14.5 Å². The molecule has 22 heteroatoms. The molecule has 3 aromatic carbocycles. The molecule has 2 amide bonds. The van der Waals surface area contributed by atoms with E-state index in [2.05, 4.69) is 9.47 Å². The number of nitrogens with zero attached hydrogens (tertiary/aromatic N) is 3. The first-order valence-electron chi connectivity index (χ1n) is 14.8. The molecular weight excluding hydrogens is 784 g/mol. The van der Waals surface area contributed by atoms with Crippen LogP contribution in [0.25, 0.3) is 0 Å². The summed E-state index contributed by atoms with van der Waals surface area (Å²) in [5, 5.41) is -1.22. The first-order chi connectivity index (χ1) is 24.3. The zero-order chi connectivity index (χ0) is 39.6. The van der Waals surface area contributed by atoms with E-state index in [1.54, 1.807) is 0 Å². The molecule has 0 bridgehead atoms. The van der Waals surface area contributed by atoms with Gasteiger partial charge in [0.25, 0.3) is 15.9 Å². The minimum absolute atomic E-state index is 0.0433. The van der Waals surface area contributed by atoms with Gasteiger partial charge in [-0.05, 0) is 30.3 Å². The van der Waals surface area contributed by atoms with Crippen LogP contribution in [-0.4, -0.2) is 82.7 Å². The Balaban J connectivity index is 1.96. The molecule has 0 spiro atoms. The van der Waals surface area contributed by atoms with Crippen LogP contribution in [0, 0.1) is 0 Å². The second-order valence-electron chi connectivity index (χ2n) is 11.8. The lowest BCUT2D eigenvalue weighted by Crippen LogP contribution is -2.59. The molecule has 1 fully saturated rings. The molecule has 1 unspecified atom stereocenters. The number of hydrogen-bond donors (Lipinski definition) is 0. The number of amides is 2. The van der Waals surface area contributed by atoms with Gasteiger partial charge in [-0.1, -0.05) is 29.8 Å². The number of ether oxygens (including phenoxy) is 3. The average molecular weight is 808 g/mol. The van der Waals surface area contributed by atoms with Crippen LogP contribution in [0.3, 0.4) is 0 Å². The van der Waals surface area contributed by atoms with Gasteiger partial charge in [0.1, 0.15) is 22.6 Å². The van der Waals surface area contributed by atoms with Crippen LogP contribution in [0.2, 0.25) is 5.02 Å². The maximum Gasteiger partial charge on any atom is 0.573 e. The van der Waals surface area contributed by atoms with Gasteiger partial charge in [-0.2, -0.15) is 13.2 Å². The molecule has 10 nitrogen and oxygen atoms in total. The van der Waals surface area contributed by atoms with Gasteiger partial charge in [0.15, 0.2) is 11.3 Å². The van der Waals surface area contributed by atoms with E-state index in [0.29, 0.717) is 29.2 Å². The Hall–Kier alpha value is -4.50. The van der Waals surface area contributed by atoms with Crippen LogP contribution < -0.4 is 18.5 Å². The predicted molar refractivity (Wildman–Crippen MR) is 163 cm³/mol. The number of hydrogen-bond acceptors (Lipinski definition) is 8. The number of alkyl halides is 10. The Labute approximate surface area is 298 Å². The van der Waals surface area contributed by atoms with Crippen molar-refractivity contribution in [3.05, 3.63) is 76.3 Å². The molecule has 288 valence electrons. The first kappa shape index (κ1) is 39.7. The maximum absolute atomic E-state index is 15.5. The largest absolute Gasteiger partial charge is 0.573 e. The maximum atomic E-state index is 15.5. The number of benzene rings is 3. The van der Waals surface area contributed by atoms with E-state index < -0.39 is 121 Å². The van der Waals surface area contributed by atoms with Crippen LogP contribution in [0.5, 0.6) is 17.2 Å². The highest BCUT2D eigenvalue weighted by molar-refractivity contribution is 7.93. The third-order valence-corrected chi connectivity index (χ3v) is 10.3. The van der Waals surface area contributed by atoms with Crippen LogP contribution >= 0.6 is 11.6 Å². The van der Waals surface area contributed by atoms with Gasteiger partial charge in [-0.25, -0.2) is 17.1 Å². The third kappa shape index (κ3) is 7.12. The minimum Gasteiger partial charge on any atom is -0.497 e. The van der Waals surface area contributed by atoms with Crippen molar-refractivity contribution in [2.45, 2.75) is 48.0 Å². The van der Waals surface area contributed by atoms with Crippen molar-refractivity contribution in [3.8, 4) is 17.2 Å². The van der Waals surface area contributed by atoms with Crippen molar-refractivity contribution < 1.29 is 76.1 Å². The van der Waals surface area contributed by atoms with Crippen molar-refractivity contribution in [2.24, 2.45) is 0 Å². The first-order valence-corrected chi connectivity index (χ1v) is 16.6. The molecule has 0 aromatic heterocycles. The summed E-state index contributed by atoms with van der Waals surface area (Å²) in [6.45, 7) is -1.01. The van der Waals surface area contributed by atoms with Gasteiger partial charge in [0, 0.05) is 44.3 Å². The Kier molecular flexibility index (Phi) is 10.0. The number of methoxy groups -OCH3 is 1. The number of likely N-dealkylation sites (tertiary alicyclic amines) is 1. The lowest BCUT2D eigenvalue weighted by atomic mass is 9.80. The standard InChI is InChI=1S/C31H24ClF10N3O7S/c1-43(2)26(46)22-10-15(33)14-44(22)28(17-6-4-5-7-23(17)51-30(37,38)39)19-12-20(32)18(29(34,35)36)13-21(19)45(27(28)47)53(48,49)25-9-8-16(50-3)11-24(25)52-31(40,41)42/h4-9,11-13,15,22H,10,14H2,1-3H3/t15-,22+,28?/m1/s1. The molecule has 0 N–H and O–H groups in total. The summed E-state index contributed by atoms with van der Waals surface area (Å²) >= 11 is 6.06. The monoisotopic (exact) mass is 807 g/mol. The van der Waals surface area contributed by atoms with Crippen molar-refractivity contribution in [3.63, 3.8) is 0 Å². The highest BCUT2D eigenvalue weighted by atomic mass is 35.5. The summed E-state index contributed by atoms with van der Waals surface area (Å²) in [6, 6.07) is 3.81. The molecule has 3 atom stereocenters. The zero-order valence-electron chi connectivity index (χ0n) is 27.0. The summed E-state index contributed by atoms with van der Waals surface area (Å²) in [7, 11) is -2.54. The minimum atomic E-state index is -5.91. The summed E-state index contributed by atoms with van der Waals surface area (Å²) in [4.78, 5) is 28.8. The fourth-order valence-electron chi connectivity index (χ4n) is 6.34. The molecule has 2 aliphatic rings. The molecular formula is C31H24ClF10N3O7S. The summed E-state index contributed by atoms with van der Waals surface area (Å²) in [6.07, 6.45) is -19.3. The van der Waals surface area contributed by atoms with Crippen molar-refractivity contribution in [1.82, 2.24) is 9.80 Å². The molecule has 5 rings (SSSR count). The number of likely N-dealkylation sites (N-methyl/N-ethyl adjacent to an activating group) is 1. The number of carbonyl (C=O) groups excluding carboxylic acids is 2. The number of para-hydroxylation sites is 1. The Morgan fingerprint density at radius 1 is 0.906 bits per heavy atom. The molecule has 0 saturated carbocycles. The number of halogens is 11. The average Bonchev–Trinajstić information content (AvgIpc) is 3.53. The lowest BCUT2D eigenvalue weighted by Gasteiger charge is -2.42. The van der Waals surface area contributed by atoms with Gasteiger partial charge < -0.3 is 19.1 Å². The van der Waals surface area contributed by atoms with E-state index in [0.717, 1.165) is 36.3 Å². The van der Waals surface area contributed by atoms with Crippen molar-refractivity contribution in [1.29, 1.82) is 0 Å². The van der Waals surface area contributed by atoms with Gasteiger partial charge in [0.05, 0.1) is 29.4 Å². The Bertz CT molecular complexity index is 2060. The highest BCUT2D eigenvalue weighted by Gasteiger charge is 2.65. The zero-order valence-corrected chi connectivity index (χ0v) is 28.6. The van der Waals surface area contributed by atoms with E-state index in [1.807, 2.05) is 0 Å². The van der Waals surface area contributed by atoms with Crippen LogP contribution in [0.4, 0.5) is 49.6 Å². The predicted octanol–water partition coefficient (Wildman–Crippen LogP) is 6.64. The van der Waals surface area contributed by atoms with E-state index >= 15 is 9.18 Å². The van der Waals surface area contributed by atoms with E-state index in [9.17, 15) is 52.7 Å². The van der Waals surface area contributed by atoms with Crippen molar-refractivity contribution in [2.75, 3.05) is 32.1 Å². The highest BCUT2D eigenvalue weighted by Crippen LogP contribution is 2.57. The molecule has 1 saturated heterocycles. The second-order valence-corrected chi connectivity index (χ2v) is 13.9. The fourth-order valence-corrected chi connectivity index (χ4v) is 8.16. The van der Waals surface area contributed by atoms with Crippen LogP contribution in [0.15, 0.2) is 59.5 Å². The normalized spacial score (nSPS) is 21.1. The fraction of sp³-hybridized carbons (Fsp3) is 0.355. The SMILES string of the molecule is COc1ccc(S(=O)(=O)N2C(=O)C(c3ccccc3OC(F)(F)F)(N3C[C@H](F)C[C@H]3C(=O)N(C)C)c3cc(Cl)c(C(F)(F)F)cc32)c(OC(F)(F)F)c1. The van der Waals surface area contributed by atoms with E-state index in [-0.39, 0.29) is 10.4 Å². The number of fused-ring (bicyclic) bond motifs is 1. The summed E-state index contributed by atoms with van der Waals surface area (Å²) in [5.41, 5.74) is -8.09. The smallest absolute Gasteiger partial charge is 0.497 e. The molecule has 2 heterocycles. The molecule has 0 radical (unpaired) electrons. The van der Waals surface area contributed by atoms with Gasteiger partial charge in [-0.15, -0.1) is 26.3 Å². The number of sulfonamides is 1. The molecule has 0 aliphatic carbocycles. The summed E-state index contributed by atoms with van der Waals surface area (Å²) < 4.78 is 182. The van der Waals surface area contributed by atoms with E-state index in [4.69, 9.17) is 16.3 Å². The van der Waals surface area contributed by atoms with Crippen LogP contribution in [-0.2, 0) is 31.3 Å². The molecule has 2 aliphatic heterocycles. The Morgan fingerprint density at radius 2 is 1.51 bits per heavy atom. The third-order valence-electron chi connectivity index (χ3n) is 8.30. The second kappa shape index (κ2) is 13.4. The Morgan fingerprint density at radius 3 is 2.08 bits per heavy atom. The summed E-state index contributed by atoms with van der Waals surface area (Å²) in [5.74, 6) is -6.10. The van der Waals surface area contributed by atoms with Gasteiger partial charge >= 0.3 is 18.9 Å². The topological polar surface area (TPSA) is 106 Å². The van der Waals surface area contributed by atoms with Crippen LogP contribution in [0.1, 0.15) is 23.1 Å². The molecule has 3 aromatic rings. The van der Waals surface area contributed by atoms with Gasteiger partial charge in [0.2, 0.25) is 5.91 Å². The number of anilines is 1. The van der Waals surface area contributed by atoms with E-state index in [1.165, 1.54) is 14.1 Å². The number of carbonyl (C=O) groups is 2. The molecule has 53 heavy (non-hydrogen) atoms.